The summed E-state index contributed by atoms with van der Waals surface area (Å²) in [5.74, 6) is 0. The van der Waals surface area contributed by atoms with E-state index < -0.39 is 0 Å². The molecule has 94 valence electrons. The molecule has 2 aromatic rings. The summed E-state index contributed by atoms with van der Waals surface area (Å²) in [6.07, 6.45) is 0. The first kappa shape index (κ1) is 13.4. The summed E-state index contributed by atoms with van der Waals surface area (Å²) in [4.78, 5) is 0. The van der Waals surface area contributed by atoms with Crippen LogP contribution in [-0.4, -0.2) is 6.54 Å². The maximum atomic E-state index is 5.86. The summed E-state index contributed by atoms with van der Waals surface area (Å²) >= 11 is 9.41. The Balaban J connectivity index is 2.20. The second-order valence-corrected chi connectivity index (χ2v) is 5.25. The summed E-state index contributed by atoms with van der Waals surface area (Å²) in [7, 11) is 0. The van der Waals surface area contributed by atoms with E-state index in [-0.39, 0.29) is 6.04 Å². The SMILES string of the molecule is NCC(Nc1ccc(Cl)cc1)c1ccccc1Br. The quantitative estimate of drug-likeness (QED) is 0.883. The topological polar surface area (TPSA) is 38.0 Å². The number of benzene rings is 2. The smallest absolute Gasteiger partial charge is 0.0647 e. The predicted octanol–water partition coefficient (Wildman–Crippen LogP) is 4.21. The van der Waals surface area contributed by atoms with Gasteiger partial charge in [0, 0.05) is 21.7 Å². The number of anilines is 1. The molecule has 0 aliphatic carbocycles. The Morgan fingerprint density at radius 2 is 1.78 bits per heavy atom. The number of hydrogen-bond acceptors (Lipinski definition) is 2. The van der Waals surface area contributed by atoms with Gasteiger partial charge in [0.05, 0.1) is 6.04 Å². The molecule has 4 heteroatoms. The first-order chi connectivity index (χ1) is 8.70. The van der Waals surface area contributed by atoms with E-state index in [0.717, 1.165) is 20.7 Å². The van der Waals surface area contributed by atoms with Crippen molar-refractivity contribution < 1.29 is 0 Å². The van der Waals surface area contributed by atoms with E-state index >= 15 is 0 Å². The first-order valence-electron chi connectivity index (χ1n) is 5.67. The Hall–Kier alpha value is -1.03. The van der Waals surface area contributed by atoms with Crippen molar-refractivity contribution in [1.82, 2.24) is 0 Å². The van der Waals surface area contributed by atoms with Crippen LogP contribution in [0.2, 0.25) is 5.02 Å². The van der Waals surface area contributed by atoms with Crippen LogP contribution >= 0.6 is 27.5 Å². The van der Waals surface area contributed by atoms with Gasteiger partial charge >= 0.3 is 0 Å². The van der Waals surface area contributed by atoms with Gasteiger partial charge < -0.3 is 11.1 Å². The van der Waals surface area contributed by atoms with Crippen LogP contribution in [0.5, 0.6) is 0 Å². The molecule has 0 heterocycles. The second kappa shape index (κ2) is 6.23. The van der Waals surface area contributed by atoms with Crippen molar-refractivity contribution >= 4 is 33.2 Å². The number of halogens is 2. The minimum Gasteiger partial charge on any atom is -0.377 e. The minimum atomic E-state index is 0.0711. The average molecular weight is 326 g/mol. The van der Waals surface area contributed by atoms with Gasteiger partial charge in [-0.3, -0.25) is 0 Å². The molecule has 0 bridgehead atoms. The highest BCUT2D eigenvalue weighted by Gasteiger charge is 2.12. The fourth-order valence-electron chi connectivity index (χ4n) is 1.77. The van der Waals surface area contributed by atoms with Crippen molar-refractivity contribution in [2.75, 3.05) is 11.9 Å². The molecule has 1 atom stereocenters. The lowest BCUT2D eigenvalue weighted by molar-refractivity contribution is 0.786. The van der Waals surface area contributed by atoms with Gasteiger partial charge in [-0.1, -0.05) is 45.7 Å². The third-order valence-electron chi connectivity index (χ3n) is 2.70. The van der Waals surface area contributed by atoms with Gasteiger partial charge in [0.2, 0.25) is 0 Å². The van der Waals surface area contributed by atoms with Gasteiger partial charge in [-0.25, -0.2) is 0 Å². The molecule has 3 N–H and O–H groups in total. The zero-order chi connectivity index (χ0) is 13.0. The van der Waals surface area contributed by atoms with Gasteiger partial charge in [0.15, 0.2) is 0 Å². The monoisotopic (exact) mass is 324 g/mol. The molecule has 1 unspecified atom stereocenters. The number of rotatable bonds is 4. The van der Waals surface area contributed by atoms with Gasteiger partial charge in [0.1, 0.15) is 0 Å². The summed E-state index contributed by atoms with van der Waals surface area (Å²) in [6, 6.07) is 15.8. The molecular weight excluding hydrogens is 312 g/mol. The number of hydrogen-bond donors (Lipinski definition) is 2. The lowest BCUT2D eigenvalue weighted by Crippen LogP contribution is -2.20. The molecule has 0 radical (unpaired) electrons. The number of nitrogens with one attached hydrogen (secondary N) is 1. The molecule has 0 aromatic heterocycles. The third kappa shape index (κ3) is 3.25. The Morgan fingerprint density at radius 1 is 1.11 bits per heavy atom. The first-order valence-corrected chi connectivity index (χ1v) is 6.84. The Kier molecular flexibility index (Phi) is 4.64. The Bertz CT molecular complexity index is 513. The maximum Gasteiger partial charge on any atom is 0.0647 e. The molecule has 0 fully saturated rings. The van der Waals surface area contributed by atoms with Gasteiger partial charge in [-0.05, 0) is 35.9 Å². The molecule has 0 spiro atoms. The molecule has 18 heavy (non-hydrogen) atoms. The molecule has 0 aliphatic rings. The zero-order valence-electron chi connectivity index (χ0n) is 9.74. The van der Waals surface area contributed by atoms with E-state index in [4.69, 9.17) is 17.3 Å². The van der Waals surface area contributed by atoms with Crippen LogP contribution in [0.1, 0.15) is 11.6 Å². The van der Waals surface area contributed by atoms with E-state index in [0.29, 0.717) is 6.54 Å². The molecule has 2 aromatic carbocycles. The molecular formula is C14H14BrClN2. The highest BCUT2D eigenvalue weighted by atomic mass is 79.9. The molecule has 0 saturated heterocycles. The predicted molar refractivity (Wildman–Crippen MR) is 81.0 cm³/mol. The molecule has 0 aliphatic heterocycles. The van der Waals surface area contributed by atoms with Crippen molar-refractivity contribution in [1.29, 1.82) is 0 Å². The van der Waals surface area contributed by atoms with Crippen molar-refractivity contribution in [3.05, 3.63) is 63.6 Å². The highest BCUT2D eigenvalue weighted by molar-refractivity contribution is 9.10. The molecule has 2 nitrogen and oxygen atoms in total. The van der Waals surface area contributed by atoms with Gasteiger partial charge in [-0.2, -0.15) is 0 Å². The van der Waals surface area contributed by atoms with E-state index in [1.807, 2.05) is 42.5 Å². The van der Waals surface area contributed by atoms with Crippen LogP contribution in [0.25, 0.3) is 0 Å². The zero-order valence-corrected chi connectivity index (χ0v) is 12.1. The van der Waals surface area contributed by atoms with Crippen LogP contribution < -0.4 is 11.1 Å². The lowest BCUT2D eigenvalue weighted by atomic mass is 10.1. The Morgan fingerprint density at radius 3 is 2.39 bits per heavy atom. The normalized spacial score (nSPS) is 12.2. The van der Waals surface area contributed by atoms with Crippen molar-refractivity contribution in [2.24, 2.45) is 5.73 Å². The van der Waals surface area contributed by atoms with Crippen LogP contribution in [0.4, 0.5) is 5.69 Å². The van der Waals surface area contributed by atoms with Crippen LogP contribution in [0.15, 0.2) is 53.0 Å². The summed E-state index contributed by atoms with van der Waals surface area (Å²) in [5.41, 5.74) is 8.00. The van der Waals surface area contributed by atoms with E-state index in [2.05, 4.69) is 27.3 Å². The van der Waals surface area contributed by atoms with Gasteiger partial charge in [-0.15, -0.1) is 0 Å². The Labute approximate surface area is 120 Å². The van der Waals surface area contributed by atoms with E-state index in [1.54, 1.807) is 0 Å². The summed E-state index contributed by atoms with van der Waals surface area (Å²) in [5, 5.41) is 4.13. The fourth-order valence-corrected chi connectivity index (χ4v) is 2.46. The van der Waals surface area contributed by atoms with E-state index in [9.17, 15) is 0 Å². The summed E-state index contributed by atoms with van der Waals surface area (Å²) < 4.78 is 1.06. The van der Waals surface area contributed by atoms with Crippen molar-refractivity contribution in [3.8, 4) is 0 Å². The van der Waals surface area contributed by atoms with Crippen LogP contribution in [0.3, 0.4) is 0 Å². The highest BCUT2D eigenvalue weighted by Crippen LogP contribution is 2.26. The molecule has 2 rings (SSSR count). The molecule has 0 saturated carbocycles. The molecule has 0 amide bonds. The minimum absolute atomic E-state index is 0.0711. The average Bonchev–Trinajstić information content (AvgIpc) is 2.39. The van der Waals surface area contributed by atoms with Gasteiger partial charge in [0.25, 0.3) is 0 Å². The van der Waals surface area contributed by atoms with Crippen LogP contribution in [-0.2, 0) is 0 Å². The largest absolute Gasteiger partial charge is 0.377 e. The third-order valence-corrected chi connectivity index (χ3v) is 3.68. The summed E-state index contributed by atoms with van der Waals surface area (Å²) in [6.45, 7) is 0.519. The standard InChI is InChI=1S/C14H14BrClN2/c15-13-4-2-1-3-12(13)14(9-17)18-11-7-5-10(16)6-8-11/h1-8,14,18H,9,17H2. The van der Waals surface area contributed by atoms with Crippen molar-refractivity contribution in [3.63, 3.8) is 0 Å². The number of nitrogens with two attached hydrogens (primary N) is 1. The van der Waals surface area contributed by atoms with Crippen LogP contribution in [0, 0.1) is 0 Å². The van der Waals surface area contributed by atoms with Crippen molar-refractivity contribution in [2.45, 2.75) is 6.04 Å². The second-order valence-electron chi connectivity index (χ2n) is 3.96. The van der Waals surface area contributed by atoms with E-state index in [1.165, 1.54) is 0 Å². The lowest BCUT2D eigenvalue weighted by Gasteiger charge is -2.20. The maximum absolute atomic E-state index is 5.86. The fraction of sp³-hybridized carbons (Fsp3) is 0.143.